The minimum atomic E-state index is 0.913. The average Bonchev–Trinajstić information content (AvgIpc) is 2.73. The van der Waals surface area contributed by atoms with E-state index in [4.69, 9.17) is 4.98 Å². The number of hydrogen-bond donors (Lipinski definition) is 1. The van der Waals surface area contributed by atoms with Crippen molar-refractivity contribution in [3.05, 3.63) is 23.3 Å². The molecule has 1 aromatic heterocycles. The number of fused-ring (bicyclic) bond motifs is 1. The van der Waals surface area contributed by atoms with Gasteiger partial charge in [-0.2, -0.15) is 0 Å². The Hall–Kier alpha value is -1.51. The van der Waals surface area contributed by atoms with Gasteiger partial charge in [0.1, 0.15) is 0 Å². The molecule has 2 rings (SSSR count). The van der Waals surface area contributed by atoms with Crippen molar-refractivity contribution < 1.29 is 0 Å². The second kappa shape index (κ2) is 6.78. The topological polar surface area (TPSA) is 29.9 Å². The fourth-order valence-corrected chi connectivity index (χ4v) is 2.60. The summed E-state index contributed by atoms with van der Waals surface area (Å²) in [4.78, 5) is 4.76. The highest BCUT2D eigenvalue weighted by atomic mass is 15.2. The van der Waals surface area contributed by atoms with Crippen molar-refractivity contribution in [2.75, 3.05) is 11.9 Å². The number of hydrogen-bond acceptors (Lipinski definition) is 2. The summed E-state index contributed by atoms with van der Waals surface area (Å²) in [6, 6.07) is 4.48. The highest BCUT2D eigenvalue weighted by Crippen LogP contribution is 2.24. The largest absolute Gasteiger partial charge is 0.356 e. The fourth-order valence-electron chi connectivity index (χ4n) is 2.60. The molecular weight excluding hydrogens is 246 g/mol. The summed E-state index contributed by atoms with van der Waals surface area (Å²) in [7, 11) is 0. The number of benzene rings is 1. The number of aryl methyl sites for hydroxylation is 3. The first-order valence-corrected chi connectivity index (χ1v) is 7.88. The molecule has 0 saturated heterocycles. The predicted molar refractivity (Wildman–Crippen MR) is 87.5 cm³/mol. The molecular formula is C17H27N3. The van der Waals surface area contributed by atoms with Crippen LogP contribution < -0.4 is 5.32 Å². The molecule has 1 N–H and O–H groups in total. The molecule has 0 radical (unpaired) electrons. The lowest BCUT2D eigenvalue weighted by Crippen LogP contribution is -2.07. The van der Waals surface area contributed by atoms with Crippen molar-refractivity contribution in [2.24, 2.45) is 0 Å². The van der Waals surface area contributed by atoms with Crippen molar-refractivity contribution >= 4 is 17.0 Å². The summed E-state index contributed by atoms with van der Waals surface area (Å²) in [6.07, 6.45) is 5.13. The summed E-state index contributed by atoms with van der Waals surface area (Å²) < 4.78 is 2.35. The van der Waals surface area contributed by atoms with Crippen LogP contribution in [-0.2, 0) is 6.54 Å². The van der Waals surface area contributed by atoms with E-state index >= 15 is 0 Å². The molecule has 0 amide bonds. The molecule has 0 aliphatic rings. The lowest BCUT2D eigenvalue weighted by atomic mass is 10.1. The van der Waals surface area contributed by atoms with E-state index in [9.17, 15) is 0 Å². The Morgan fingerprint density at radius 2 is 1.80 bits per heavy atom. The second-order valence-electron chi connectivity index (χ2n) is 5.60. The first kappa shape index (κ1) is 14.9. The molecule has 0 unspecified atom stereocenters. The lowest BCUT2D eigenvalue weighted by Gasteiger charge is -2.10. The van der Waals surface area contributed by atoms with Gasteiger partial charge in [-0.25, -0.2) is 4.98 Å². The molecule has 0 atom stereocenters. The number of nitrogens with one attached hydrogen (secondary N) is 1. The van der Waals surface area contributed by atoms with Crippen LogP contribution in [-0.4, -0.2) is 16.1 Å². The third-order valence-electron chi connectivity index (χ3n) is 3.93. The summed E-state index contributed by atoms with van der Waals surface area (Å²) >= 11 is 0. The summed E-state index contributed by atoms with van der Waals surface area (Å²) in [5.41, 5.74) is 5.03. The third kappa shape index (κ3) is 3.14. The molecule has 0 aliphatic heterocycles. The van der Waals surface area contributed by atoms with Gasteiger partial charge in [-0.05, 0) is 50.5 Å². The normalized spacial score (nSPS) is 11.2. The van der Waals surface area contributed by atoms with E-state index < -0.39 is 0 Å². The summed E-state index contributed by atoms with van der Waals surface area (Å²) in [6.45, 7) is 10.7. The predicted octanol–water partition coefficient (Wildman–Crippen LogP) is 4.67. The van der Waals surface area contributed by atoms with Crippen molar-refractivity contribution in [2.45, 2.75) is 59.9 Å². The Morgan fingerprint density at radius 1 is 1.05 bits per heavy atom. The zero-order valence-electron chi connectivity index (χ0n) is 13.3. The zero-order valence-corrected chi connectivity index (χ0v) is 13.3. The van der Waals surface area contributed by atoms with Gasteiger partial charge in [-0.1, -0.05) is 26.2 Å². The molecule has 3 heteroatoms. The van der Waals surface area contributed by atoms with Crippen molar-refractivity contribution in [1.29, 1.82) is 0 Å². The molecule has 0 bridgehead atoms. The number of unbranched alkanes of at least 4 members (excludes halogenated alkanes) is 3. The second-order valence-corrected chi connectivity index (χ2v) is 5.60. The number of aromatic nitrogens is 2. The van der Waals surface area contributed by atoms with E-state index in [1.54, 1.807) is 0 Å². The molecule has 20 heavy (non-hydrogen) atoms. The van der Waals surface area contributed by atoms with Crippen LogP contribution in [0.3, 0.4) is 0 Å². The molecule has 1 heterocycles. The highest BCUT2D eigenvalue weighted by Gasteiger charge is 2.11. The van der Waals surface area contributed by atoms with E-state index in [0.717, 1.165) is 24.6 Å². The van der Waals surface area contributed by atoms with Crippen LogP contribution in [0.25, 0.3) is 11.0 Å². The van der Waals surface area contributed by atoms with Gasteiger partial charge in [0.2, 0.25) is 5.95 Å². The molecule has 0 spiro atoms. The maximum atomic E-state index is 4.76. The molecule has 3 nitrogen and oxygen atoms in total. The zero-order chi connectivity index (χ0) is 14.5. The van der Waals surface area contributed by atoms with Crippen LogP contribution in [0.2, 0.25) is 0 Å². The number of anilines is 1. The van der Waals surface area contributed by atoms with Gasteiger partial charge < -0.3 is 9.88 Å². The first-order chi connectivity index (χ1) is 9.67. The number of nitrogens with zero attached hydrogens (tertiary/aromatic N) is 2. The number of imidazole rings is 1. The first-order valence-electron chi connectivity index (χ1n) is 7.88. The lowest BCUT2D eigenvalue weighted by molar-refractivity contribution is 0.594. The number of rotatable bonds is 7. The Labute approximate surface area is 122 Å². The van der Waals surface area contributed by atoms with E-state index in [0.29, 0.717) is 0 Å². The van der Waals surface area contributed by atoms with Crippen molar-refractivity contribution in [3.63, 3.8) is 0 Å². The molecule has 110 valence electrons. The van der Waals surface area contributed by atoms with E-state index in [1.807, 2.05) is 0 Å². The third-order valence-corrected chi connectivity index (χ3v) is 3.93. The van der Waals surface area contributed by atoms with Crippen LogP contribution in [0.15, 0.2) is 12.1 Å². The maximum Gasteiger partial charge on any atom is 0.203 e. The Kier molecular flexibility index (Phi) is 5.05. The van der Waals surface area contributed by atoms with Crippen LogP contribution in [0.4, 0.5) is 5.95 Å². The smallest absolute Gasteiger partial charge is 0.203 e. The SMILES string of the molecule is CCCCCCn1c(NCC)nc2cc(C)c(C)cc21. The van der Waals surface area contributed by atoms with Crippen LogP contribution in [0, 0.1) is 13.8 Å². The standard InChI is InChI=1S/C17H27N3/c1-5-7-8-9-10-20-16-12-14(4)13(3)11-15(16)19-17(20)18-6-2/h11-12H,5-10H2,1-4H3,(H,18,19). The quantitative estimate of drug-likeness (QED) is 0.743. The average molecular weight is 273 g/mol. The molecule has 1 aromatic carbocycles. The molecule has 0 saturated carbocycles. The highest BCUT2D eigenvalue weighted by molar-refractivity contribution is 5.80. The van der Waals surface area contributed by atoms with Crippen LogP contribution >= 0.6 is 0 Å². The minimum absolute atomic E-state index is 0.913. The minimum Gasteiger partial charge on any atom is -0.356 e. The Balaban J connectivity index is 2.32. The van der Waals surface area contributed by atoms with Gasteiger partial charge in [0.05, 0.1) is 11.0 Å². The van der Waals surface area contributed by atoms with Gasteiger partial charge in [0.25, 0.3) is 0 Å². The van der Waals surface area contributed by atoms with E-state index in [2.05, 4.69) is 49.7 Å². The van der Waals surface area contributed by atoms with E-state index in [-0.39, 0.29) is 0 Å². The van der Waals surface area contributed by atoms with Gasteiger partial charge in [0.15, 0.2) is 0 Å². The van der Waals surface area contributed by atoms with Gasteiger partial charge in [0, 0.05) is 13.1 Å². The molecule has 0 aliphatic carbocycles. The van der Waals surface area contributed by atoms with Gasteiger partial charge in [-0.3, -0.25) is 0 Å². The monoisotopic (exact) mass is 273 g/mol. The molecule has 2 aromatic rings. The summed E-state index contributed by atoms with van der Waals surface area (Å²) in [5, 5.41) is 3.40. The van der Waals surface area contributed by atoms with Crippen LogP contribution in [0.5, 0.6) is 0 Å². The summed E-state index contributed by atoms with van der Waals surface area (Å²) in [5.74, 6) is 1.02. The van der Waals surface area contributed by atoms with Crippen molar-refractivity contribution in [3.8, 4) is 0 Å². The van der Waals surface area contributed by atoms with E-state index in [1.165, 1.54) is 42.3 Å². The Bertz CT molecular complexity index is 569. The molecule has 0 fully saturated rings. The van der Waals surface area contributed by atoms with Gasteiger partial charge >= 0.3 is 0 Å². The Morgan fingerprint density at radius 3 is 2.50 bits per heavy atom. The maximum absolute atomic E-state index is 4.76. The van der Waals surface area contributed by atoms with Gasteiger partial charge in [-0.15, -0.1) is 0 Å². The van der Waals surface area contributed by atoms with Crippen molar-refractivity contribution in [1.82, 2.24) is 9.55 Å². The van der Waals surface area contributed by atoms with Crippen LogP contribution in [0.1, 0.15) is 50.7 Å². The fraction of sp³-hybridized carbons (Fsp3) is 0.588.